The molecule has 0 aliphatic rings. The zero-order valence-corrected chi connectivity index (χ0v) is 20.3. The molecule has 1 aromatic carbocycles. The Balaban J connectivity index is 1.82. The fourth-order valence-corrected chi connectivity index (χ4v) is 3.66. The van der Waals surface area contributed by atoms with Gasteiger partial charge in [-0.2, -0.15) is 8.78 Å². The number of rotatable bonds is 11. The molecular weight excluding hydrogens is 502 g/mol. The second kappa shape index (κ2) is 11.5. The number of benzene rings is 1. The van der Waals surface area contributed by atoms with Crippen LogP contribution in [-0.4, -0.2) is 43.6 Å². The van der Waals surface area contributed by atoms with Gasteiger partial charge in [0, 0.05) is 6.20 Å². The number of nitrogens with zero attached hydrogens (tertiary/aromatic N) is 2. The summed E-state index contributed by atoms with van der Waals surface area (Å²) in [5.41, 5.74) is 3.98. The molecule has 0 fully saturated rings. The second-order valence-electron chi connectivity index (χ2n) is 8.47. The first-order chi connectivity index (χ1) is 17.9. The maximum Gasteiger partial charge on any atom is 0.405 e. The number of carboxylic acid groups (broad SMARTS) is 1. The Morgan fingerprint density at radius 3 is 2.68 bits per heavy atom. The Hall–Kier alpha value is -4.81. The van der Waals surface area contributed by atoms with Crippen LogP contribution in [0.4, 0.5) is 19.3 Å². The lowest BCUT2D eigenvalue weighted by Crippen LogP contribution is -2.44. The summed E-state index contributed by atoms with van der Waals surface area (Å²) in [5, 5.41) is 13.5. The number of fused-ring (bicyclic) bond motifs is 1. The molecule has 1 unspecified atom stereocenters. The van der Waals surface area contributed by atoms with Crippen LogP contribution in [0.15, 0.2) is 65.6 Å². The summed E-state index contributed by atoms with van der Waals surface area (Å²) >= 11 is 0. The van der Waals surface area contributed by atoms with Gasteiger partial charge in [-0.15, -0.1) is 0 Å². The van der Waals surface area contributed by atoms with E-state index in [0.717, 1.165) is 6.08 Å². The van der Waals surface area contributed by atoms with E-state index >= 15 is 0 Å². The average Bonchev–Trinajstić information content (AvgIpc) is 3.25. The lowest BCUT2D eigenvalue weighted by Gasteiger charge is -2.16. The Morgan fingerprint density at radius 2 is 2.03 bits per heavy atom. The third-order valence-electron chi connectivity index (χ3n) is 5.55. The third kappa shape index (κ3) is 6.49. The van der Waals surface area contributed by atoms with Crippen molar-refractivity contribution in [2.24, 2.45) is 5.73 Å². The van der Waals surface area contributed by atoms with Gasteiger partial charge in [0.2, 0.25) is 11.8 Å². The minimum absolute atomic E-state index is 0.000921. The zero-order chi connectivity index (χ0) is 28.0. The van der Waals surface area contributed by atoms with Crippen LogP contribution in [0.5, 0.6) is 0 Å². The number of primary amides is 1. The van der Waals surface area contributed by atoms with Gasteiger partial charge in [-0.05, 0) is 49.6 Å². The predicted molar refractivity (Wildman–Crippen MR) is 136 cm³/mol. The summed E-state index contributed by atoms with van der Waals surface area (Å²) in [6.45, 7) is 4.46. The Kier molecular flexibility index (Phi) is 8.40. The number of pyridine rings is 1. The van der Waals surface area contributed by atoms with Crippen molar-refractivity contribution < 1.29 is 28.3 Å². The van der Waals surface area contributed by atoms with Gasteiger partial charge < -0.3 is 31.0 Å². The van der Waals surface area contributed by atoms with Crippen LogP contribution >= 0.6 is 0 Å². The van der Waals surface area contributed by atoms with Crippen LogP contribution in [0.2, 0.25) is 0 Å². The average molecular weight is 529 g/mol. The lowest BCUT2D eigenvalue weighted by atomic mass is 10.0. The number of allylic oxidation sites excluding steroid dienone is 2. The monoisotopic (exact) mass is 528 g/mol. The summed E-state index contributed by atoms with van der Waals surface area (Å²) in [7, 11) is 0. The number of hydrogen-bond donors (Lipinski definition) is 5. The number of nitrogens with one attached hydrogen (secondary N) is 3. The number of alkyl halides is 2. The fraction of sp³-hybridized carbons (Fsp3) is 0.240. The molecule has 0 saturated carbocycles. The van der Waals surface area contributed by atoms with E-state index in [1.807, 2.05) is 0 Å². The predicted octanol–water partition coefficient (Wildman–Crippen LogP) is 2.84. The molecule has 38 heavy (non-hydrogen) atoms. The number of aromatic nitrogens is 3. The smallest absolute Gasteiger partial charge is 0.405 e. The molecule has 2 aromatic heterocycles. The summed E-state index contributed by atoms with van der Waals surface area (Å²) in [6, 6.07) is 5.90. The Labute approximate surface area is 215 Å². The Morgan fingerprint density at radius 1 is 1.29 bits per heavy atom. The van der Waals surface area contributed by atoms with Crippen LogP contribution < -0.4 is 21.9 Å². The molecule has 0 spiro atoms. The highest BCUT2D eigenvalue weighted by atomic mass is 19.3. The van der Waals surface area contributed by atoms with Crippen LogP contribution in [0.1, 0.15) is 31.2 Å². The number of aromatic amines is 1. The van der Waals surface area contributed by atoms with Crippen LogP contribution in [-0.2, 0) is 22.1 Å². The molecule has 0 aliphatic carbocycles. The van der Waals surface area contributed by atoms with Crippen LogP contribution in [0.25, 0.3) is 11.0 Å². The fourth-order valence-electron chi connectivity index (χ4n) is 3.66. The number of imidazole rings is 1. The van der Waals surface area contributed by atoms with E-state index in [1.165, 1.54) is 48.0 Å². The van der Waals surface area contributed by atoms with Crippen molar-refractivity contribution in [3.8, 4) is 0 Å². The molecular formula is C25H26F2N6O5. The summed E-state index contributed by atoms with van der Waals surface area (Å²) < 4.78 is 30.5. The summed E-state index contributed by atoms with van der Waals surface area (Å²) in [4.78, 5) is 54.8. The van der Waals surface area contributed by atoms with E-state index in [1.54, 1.807) is 6.07 Å². The van der Waals surface area contributed by atoms with Crippen molar-refractivity contribution in [1.29, 1.82) is 0 Å². The minimum atomic E-state index is -3.30. The number of nitrogens with two attached hydrogens (primary N) is 1. The van der Waals surface area contributed by atoms with E-state index in [2.05, 4.69) is 27.2 Å². The molecule has 0 bridgehead atoms. The van der Waals surface area contributed by atoms with Crippen molar-refractivity contribution in [1.82, 2.24) is 19.9 Å². The second-order valence-corrected chi connectivity index (χ2v) is 8.47. The standard InChI is InChI=1S/C25H26F2N6O5/c1-14(2)25(26,27)15-7-5-9-16-21(15)32-20(29-16)13-33-12-6-10-18(23(33)36)30-22(35)17(31-24(37)38)8-3-4-11-19(28)34/h4-7,9-12,17,31H,1,3,8,13H2,2H3,(H2,28,34)(H,29,32)(H,30,35)(H,37,38). The number of anilines is 1. The van der Waals surface area contributed by atoms with E-state index in [4.69, 9.17) is 10.8 Å². The van der Waals surface area contributed by atoms with Gasteiger partial charge in [0.1, 0.15) is 17.6 Å². The molecule has 3 amide bonds. The molecule has 6 N–H and O–H groups in total. The van der Waals surface area contributed by atoms with E-state index in [0.29, 0.717) is 5.52 Å². The van der Waals surface area contributed by atoms with Gasteiger partial charge in [-0.1, -0.05) is 24.8 Å². The van der Waals surface area contributed by atoms with Crippen molar-refractivity contribution in [2.45, 2.75) is 38.3 Å². The van der Waals surface area contributed by atoms with E-state index in [9.17, 15) is 28.0 Å². The number of halogens is 2. The van der Waals surface area contributed by atoms with Gasteiger partial charge in [-0.25, -0.2) is 9.78 Å². The molecule has 13 heteroatoms. The normalized spacial score (nSPS) is 12.4. The Bertz CT molecular complexity index is 1480. The number of carbonyl (C=O) groups excluding carboxylic acids is 2. The molecule has 3 aromatic rings. The lowest BCUT2D eigenvalue weighted by molar-refractivity contribution is -0.118. The molecule has 2 heterocycles. The topological polar surface area (TPSA) is 172 Å². The first-order valence-corrected chi connectivity index (χ1v) is 11.4. The third-order valence-corrected chi connectivity index (χ3v) is 5.55. The van der Waals surface area contributed by atoms with Gasteiger partial charge in [0.05, 0.1) is 23.1 Å². The first-order valence-electron chi connectivity index (χ1n) is 11.4. The van der Waals surface area contributed by atoms with Crippen molar-refractivity contribution in [2.75, 3.05) is 5.32 Å². The first kappa shape index (κ1) is 27.8. The molecule has 0 radical (unpaired) electrons. The maximum atomic E-state index is 14.6. The van der Waals surface area contributed by atoms with Crippen molar-refractivity contribution in [3.63, 3.8) is 0 Å². The van der Waals surface area contributed by atoms with Crippen molar-refractivity contribution >= 4 is 34.6 Å². The van der Waals surface area contributed by atoms with Gasteiger partial charge in [0.15, 0.2) is 0 Å². The largest absolute Gasteiger partial charge is 0.465 e. The number of H-pyrrole nitrogens is 1. The number of para-hydroxylation sites is 1. The van der Waals surface area contributed by atoms with Crippen molar-refractivity contribution in [3.05, 3.63) is 82.6 Å². The highest BCUT2D eigenvalue weighted by molar-refractivity contribution is 5.96. The van der Waals surface area contributed by atoms with Crippen LogP contribution in [0, 0.1) is 0 Å². The number of hydrogen-bond acceptors (Lipinski definition) is 5. The molecule has 11 nitrogen and oxygen atoms in total. The molecule has 3 rings (SSSR count). The molecule has 200 valence electrons. The van der Waals surface area contributed by atoms with Gasteiger partial charge in [0.25, 0.3) is 11.5 Å². The zero-order valence-electron chi connectivity index (χ0n) is 20.3. The van der Waals surface area contributed by atoms with Crippen LogP contribution in [0.3, 0.4) is 0 Å². The maximum absolute atomic E-state index is 14.6. The minimum Gasteiger partial charge on any atom is -0.465 e. The molecule has 0 saturated heterocycles. The molecule has 0 aliphatic heterocycles. The van der Waals surface area contributed by atoms with Gasteiger partial charge >= 0.3 is 6.09 Å². The molecule has 1 atom stereocenters. The van der Waals surface area contributed by atoms with E-state index in [-0.39, 0.29) is 47.6 Å². The summed E-state index contributed by atoms with van der Waals surface area (Å²) in [5.74, 6) is -4.55. The van der Waals surface area contributed by atoms with E-state index < -0.39 is 35.4 Å². The highest BCUT2D eigenvalue weighted by Gasteiger charge is 2.35. The number of carbonyl (C=O) groups is 3. The SMILES string of the molecule is C=C(C)C(F)(F)c1cccc2[nH]c(Cn3cccc(NC(=O)C(CCC=CC(N)=O)NC(=O)O)c3=O)nc12. The number of amides is 3. The highest BCUT2D eigenvalue weighted by Crippen LogP contribution is 2.37. The van der Waals surface area contributed by atoms with Gasteiger partial charge in [-0.3, -0.25) is 14.4 Å². The quantitative estimate of drug-likeness (QED) is 0.189. The summed E-state index contributed by atoms with van der Waals surface area (Å²) in [6.07, 6.45) is 2.63.